The fraction of sp³-hybridized carbons (Fsp3) is 0.600. The molecule has 5 nitrogen and oxygen atoms in total. The average Bonchev–Trinajstić information content (AvgIpc) is 2.29. The molecule has 1 aliphatic rings. The zero-order valence-corrected chi connectivity index (χ0v) is 8.53. The summed E-state index contributed by atoms with van der Waals surface area (Å²) in [4.78, 5) is 1.95. The first-order chi connectivity index (χ1) is 7.33. The molecule has 1 heterocycles. The quantitative estimate of drug-likeness (QED) is 0.631. The van der Waals surface area contributed by atoms with Gasteiger partial charge in [-0.3, -0.25) is 0 Å². The molecule has 1 fully saturated rings. The molecular formula is C10H14N4O. The fourth-order valence-corrected chi connectivity index (χ4v) is 1.56. The van der Waals surface area contributed by atoms with Crippen molar-refractivity contribution in [3.8, 4) is 12.1 Å². The summed E-state index contributed by atoms with van der Waals surface area (Å²) in [6.07, 6.45) is 1.63. The number of nitrogens with one attached hydrogen (secondary N) is 1. The Balaban J connectivity index is 2.79. The molecular weight excluding hydrogens is 192 g/mol. The highest BCUT2D eigenvalue weighted by molar-refractivity contribution is 5.39. The standard InChI is InChI=1S/C10H14N4O/c11-7-9(8-12)10-13-3-1-4-14(10)5-2-6-15/h13,15H,1-6H2. The van der Waals surface area contributed by atoms with Gasteiger partial charge in [-0.15, -0.1) is 0 Å². The minimum absolute atomic E-state index is 0.118. The number of allylic oxidation sites excluding steroid dienone is 1. The van der Waals surface area contributed by atoms with Crippen molar-refractivity contribution in [2.75, 3.05) is 26.2 Å². The lowest BCUT2D eigenvalue weighted by Crippen LogP contribution is -2.40. The fourth-order valence-electron chi connectivity index (χ4n) is 1.56. The molecule has 0 aromatic rings. The molecule has 1 saturated heterocycles. The van der Waals surface area contributed by atoms with E-state index in [1.807, 2.05) is 17.0 Å². The van der Waals surface area contributed by atoms with Gasteiger partial charge in [-0.1, -0.05) is 0 Å². The monoisotopic (exact) mass is 206 g/mol. The van der Waals surface area contributed by atoms with Crippen molar-refractivity contribution in [3.05, 3.63) is 11.4 Å². The van der Waals surface area contributed by atoms with Gasteiger partial charge in [-0.25, -0.2) is 0 Å². The first-order valence-electron chi connectivity index (χ1n) is 4.97. The van der Waals surface area contributed by atoms with E-state index in [1.165, 1.54) is 0 Å². The van der Waals surface area contributed by atoms with Crippen molar-refractivity contribution in [2.45, 2.75) is 12.8 Å². The highest BCUT2D eigenvalue weighted by Crippen LogP contribution is 2.12. The van der Waals surface area contributed by atoms with E-state index in [4.69, 9.17) is 15.6 Å². The average molecular weight is 206 g/mol. The van der Waals surface area contributed by atoms with Gasteiger partial charge in [0.05, 0.1) is 0 Å². The van der Waals surface area contributed by atoms with Crippen LogP contribution >= 0.6 is 0 Å². The van der Waals surface area contributed by atoms with Crippen LogP contribution in [0.4, 0.5) is 0 Å². The second kappa shape index (κ2) is 5.90. The Morgan fingerprint density at radius 1 is 1.47 bits per heavy atom. The number of nitriles is 2. The molecule has 0 spiro atoms. The molecule has 0 unspecified atom stereocenters. The maximum absolute atomic E-state index is 8.78. The molecule has 80 valence electrons. The first kappa shape index (κ1) is 11.4. The smallest absolute Gasteiger partial charge is 0.169 e. The minimum atomic E-state index is 0.118. The SMILES string of the molecule is N#CC(C#N)=C1NCCCN1CCCO. The van der Waals surface area contributed by atoms with Crippen LogP contribution in [0.15, 0.2) is 11.4 Å². The number of aliphatic hydroxyl groups is 1. The second-order valence-electron chi connectivity index (χ2n) is 3.29. The molecule has 0 aromatic carbocycles. The molecule has 5 heteroatoms. The van der Waals surface area contributed by atoms with Gasteiger partial charge >= 0.3 is 0 Å². The van der Waals surface area contributed by atoms with Crippen LogP contribution in [-0.2, 0) is 0 Å². The van der Waals surface area contributed by atoms with Gasteiger partial charge in [-0.05, 0) is 12.8 Å². The number of hydrogen-bond acceptors (Lipinski definition) is 5. The summed E-state index contributed by atoms with van der Waals surface area (Å²) >= 11 is 0. The van der Waals surface area contributed by atoms with E-state index in [0.717, 1.165) is 19.5 Å². The molecule has 1 rings (SSSR count). The van der Waals surface area contributed by atoms with Crippen LogP contribution in [0.25, 0.3) is 0 Å². The summed E-state index contributed by atoms with van der Waals surface area (Å²) in [5.41, 5.74) is 0.118. The number of hydrogen-bond donors (Lipinski definition) is 2. The third kappa shape index (κ3) is 2.87. The summed E-state index contributed by atoms with van der Waals surface area (Å²) in [5.74, 6) is 0.611. The second-order valence-corrected chi connectivity index (χ2v) is 3.29. The van der Waals surface area contributed by atoms with Gasteiger partial charge in [0, 0.05) is 26.2 Å². The summed E-state index contributed by atoms with van der Waals surface area (Å²) in [5, 5.41) is 29.4. The molecule has 0 bridgehead atoms. The van der Waals surface area contributed by atoms with Crippen molar-refractivity contribution >= 4 is 0 Å². The maximum Gasteiger partial charge on any atom is 0.169 e. The van der Waals surface area contributed by atoms with Gasteiger partial charge in [0.25, 0.3) is 0 Å². The zero-order chi connectivity index (χ0) is 11.1. The number of aliphatic hydroxyl groups excluding tert-OH is 1. The van der Waals surface area contributed by atoms with E-state index in [-0.39, 0.29) is 12.2 Å². The van der Waals surface area contributed by atoms with E-state index in [9.17, 15) is 0 Å². The van der Waals surface area contributed by atoms with Gasteiger partial charge in [-0.2, -0.15) is 10.5 Å². The lowest BCUT2D eigenvalue weighted by Gasteiger charge is -2.32. The molecule has 0 saturated carbocycles. The van der Waals surface area contributed by atoms with E-state index < -0.39 is 0 Å². The lowest BCUT2D eigenvalue weighted by molar-refractivity contribution is 0.229. The lowest BCUT2D eigenvalue weighted by atomic mass is 10.2. The van der Waals surface area contributed by atoms with Crippen molar-refractivity contribution in [1.29, 1.82) is 10.5 Å². The van der Waals surface area contributed by atoms with Crippen LogP contribution < -0.4 is 5.32 Å². The van der Waals surface area contributed by atoms with Crippen molar-refractivity contribution < 1.29 is 5.11 Å². The van der Waals surface area contributed by atoms with Gasteiger partial charge in [0.1, 0.15) is 18.0 Å². The Hall–Kier alpha value is -1.72. The largest absolute Gasteiger partial charge is 0.396 e. The van der Waals surface area contributed by atoms with Crippen LogP contribution in [0.1, 0.15) is 12.8 Å². The van der Waals surface area contributed by atoms with Gasteiger partial charge in [0.15, 0.2) is 5.57 Å². The summed E-state index contributed by atoms with van der Waals surface area (Å²) in [7, 11) is 0. The van der Waals surface area contributed by atoms with Gasteiger partial charge < -0.3 is 15.3 Å². The molecule has 0 atom stereocenters. The summed E-state index contributed by atoms with van der Waals surface area (Å²) in [6.45, 7) is 2.41. The van der Waals surface area contributed by atoms with E-state index in [1.54, 1.807) is 0 Å². The zero-order valence-electron chi connectivity index (χ0n) is 8.53. The molecule has 0 aliphatic carbocycles. The topological polar surface area (TPSA) is 83.1 Å². The van der Waals surface area contributed by atoms with Gasteiger partial charge in [0.2, 0.25) is 0 Å². The van der Waals surface area contributed by atoms with Crippen LogP contribution in [-0.4, -0.2) is 36.2 Å². The Labute approximate surface area is 89.2 Å². The minimum Gasteiger partial charge on any atom is -0.396 e. The maximum atomic E-state index is 8.78. The Morgan fingerprint density at radius 3 is 2.80 bits per heavy atom. The summed E-state index contributed by atoms with van der Waals surface area (Å²) in [6, 6.07) is 3.76. The Bertz CT molecular complexity index is 307. The third-order valence-corrected chi connectivity index (χ3v) is 2.26. The Kier molecular flexibility index (Phi) is 4.46. The Morgan fingerprint density at radius 2 is 2.20 bits per heavy atom. The molecule has 0 amide bonds. The van der Waals surface area contributed by atoms with Crippen molar-refractivity contribution in [3.63, 3.8) is 0 Å². The van der Waals surface area contributed by atoms with Crippen LogP contribution in [0.2, 0.25) is 0 Å². The highest BCUT2D eigenvalue weighted by Gasteiger charge is 2.17. The molecule has 15 heavy (non-hydrogen) atoms. The van der Waals surface area contributed by atoms with Crippen LogP contribution in [0, 0.1) is 22.7 Å². The first-order valence-corrected chi connectivity index (χ1v) is 4.97. The molecule has 1 aliphatic heterocycles. The van der Waals surface area contributed by atoms with Crippen molar-refractivity contribution in [1.82, 2.24) is 10.2 Å². The number of rotatable bonds is 3. The van der Waals surface area contributed by atoms with E-state index in [2.05, 4.69) is 5.32 Å². The van der Waals surface area contributed by atoms with Crippen LogP contribution in [0.3, 0.4) is 0 Å². The third-order valence-electron chi connectivity index (χ3n) is 2.26. The predicted octanol–water partition coefficient (Wildman–Crippen LogP) is -0.0771. The van der Waals surface area contributed by atoms with E-state index >= 15 is 0 Å². The number of nitrogens with zero attached hydrogens (tertiary/aromatic N) is 3. The predicted molar refractivity (Wildman–Crippen MR) is 54.1 cm³/mol. The van der Waals surface area contributed by atoms with Crippen molar-refractivity contribution in [2.24, 2.45) is 0 Å². The molecule has 0 aromatic heterocycles. The summed E-state index contributed by atoms with van der Waals surface area (Å²) < 4.78 is 0. The van der Waals surface area contributed by atoms with Crippen LogP contribution in [0.5, 0.6) is 0 Å². The van der Waals surface area contributed by atoms with E-state index in [0.29, 0.717) is 18.8 Å². The highest BCUT2D eigenvalue weighted by atomic mass is 16.3. The molecule has 0 radical (unpaired) electrons. The normalized spacial score (nSPS) is 15.1. The molecule has 2 N–H and O–H groups in total.